The zero-order valence-electron chi connectivity index (χ0n) is 12.5. The van der Waals surface area contributed by atoms with Gasteiger partial charge in [0, 0.05) is 5.69 Å². The summed E-state index contributed by atoms with van der Waals surface area (Å²) in [7, 11) is 1.35. The van der Waals surface area contributed by atoms with Crippen LogP contribution >= 0.6 is 11.3 Å². The molecule has 0 saturated carbocycles. The van der Waals surface area contributed by atoms with E-state index in [2.05, 4.69) is 21.4 Å². The number of aromatic nitrogens is 2. The van der Waals surface area contributed by atoms with Gasteiger partial charge in [-0.1, -0.05) is 6.07 Å². The lowest BCUT2D eigenvalue weighted by Gasteiger charge is -2.07. The molecule has 0 amide bonds. The Bertz CT molecular complexity index is 943. The number of fused-ring (bicyclic) bond motifs is 1. The Morgan fingerprint density at radius 2 is 2.22 bits per heavy atom. The Balaban J connectivity index is 2.09. The van der Waals surface area contributed by atoms with Gasteiger partial charge in [0.25, 0.3) is 0 Å². The number of hydrogen-bond acceptors (Lipinski definition) is 7. The SMILES string of the molecule is COC(=O)c1sc2ncnc(Nc3cccc(C#N)c3)c2c1C. The van der Waals surface area contributed by atoms with Crippen molar-refractivity contribution in [1.29, 1.82) is 5.26 Å². The molecule has 2 heterocycles. The highest BCUT2D eigenvalue weighted by Gasteiger charge is 2.19. The fourth-order valence-corrected chi connectivity index (χ4v) is 3.32. The van der Waals surface area contributed by atoms with Gasteiger partial charge >= 0.3 is 5.97 Å². The number of benzene rings is 1. The number of methoxy groups -OCH3 is 1. The minimum absolute atomic E-state index is 0.386. The first-order valence-electron chi connectivity index (χ1n) is 6.73. The van der Waals surface area contributed by atoms with Gasteiger partial charge in [0.2, 0.25) is 0 Å². The first-order chi connectivity index (χ1) is 11.1. The molecule has 0 aliphatic carbocycles. The predicted octanol–water partition coefficient (Wildman–Crippen LogP) is 3.40. The Morgan fingerprint density at radius 3 is 2.96 bits per heavy atom. The summed E-state index contributed by atoms with van der Waals surface area (Å²) >= 11 is 1.27. The first-order valence-corrected chi connectivity index (χ1v) is 7.55. The molecular formula is C16H12N4O2S. The molecule has 0 fully saturated rings. The van der Waals surface area contributed by atoms with Crippen LogP contribution in [-0.2, 0) is 4.74 Å². The van der Waals surface area contributed by atoms with Crippen molar-refractivity contribution >= 4 is 39.0 Å². The first kappa shape index (κ1) is 14.9. The standard InChI is InChI=1S/C16H12N4O2S/c1-9-12-14(20-11-5-3-4-10(6-11)7-17)18-8-19-15(12)23-13(9)16(21)22-2/h3-6,8H,1-2H3,(H,18,19,20). The van der Waals surface area contributed by atoms with E-state index in [1.165, 1.54) is 24.8 Å². The highest BCUT2D eigenvalue weighted by Crippen LogP contribution is 2.34. The average Bonchev–Trinajstić information content (AvgIpc) is 2.92. The quantitative estimate of drug-likeness (QED) is 0.743. The van der Waals surface area contributed by atoms with Crippen molar-refractivity contribution < 1.29 is 9.53 Å². The van der Waals surface area contributed by atoms with Gasteiger partial charge < -0.3 is 10.1 Å². The second-order valence-electron chi connectivity index (χ2n) is 4.77. The smallest absolute Gasteiger partial charge is 0.348 e. The molecular weight excluding hydrogens is 312 g/mol. The topological polar surface area (TPSA) is 87.9 Å². The number of carbonyl (C=O) groups is 1. The van der Waals surface area contributed by atoms with Crippen LogP contribution in [0.15, 0.2) is 30.6 Å². The summed E-state index contributed by atoms with van der Waals surface area (Å²) in [6, 6.07) is 9.19. The van der Waals surface area contributed by atoms with Crippen LogP contribution < -0.4 is 5.32 Å². The third-order valence-electron chi connectivity index (χ3n) is 3.35. The Kier molecular flexibility index (Phi) is 3.91. The number of thiophene rings is 1. The van der Waals surface area contributed by atoms with E-state index in [0.29, 0.717) is 21.1 Å². The number of hydrogen-bond donors (Lipinski definition) is 1. The van der Waals surface area contributed by atoms with Crippen molar-refractivity contribution in [2.75, 3.05) is 12.4 Å². The minimum Gasteiger partial charge on any atom is -0.465 e. The zero-order chi connectivity index (χ0) is 16.4. The third-order valence-corrected chi connectivity index (χ3v) is 4.53. The highest BCUT2D eigenvalue weighted by atomic mass is 32.1. The number of carbonyl (C=O) groups excluding carboxylic acids is 1. The normalized spacial score (nSPS) is 10.3. The second kappa shape index (κ2) is 6.02. The van der Waals surface area contributed by atoms with Crippen LogP contribution in [0, 0.1) is 18.3 Å². The number of anilines is 2. The second-order valence-corrected chi connectivity index (χ2v) is 5.77. The van der Waals surface area contributed by atoms with Crippen molar-refractivity contribution in [3.05, 3.63) is 46.6 Å². The molecule has 0 radical (unpaired) electrons. The molecule has 1 N–H and O–H groups in total. The molecule has 0 unspecified atom stereocenters. The van der Waals surface area contributed by atoms with Crippen LogP contribution in [0.2, 0.25) is 0 Å². The van der Waals surface area contributed by atoms with Crippen molar-refractivity contribution in [1.82, 2.24) is 9.97 Å². The zero-order valence-corrected chi connectivity index (χ0v) is 13.3. The summed E-state index contributed by atoms with van der Waals surface area (Å²) < 4.78 is 4.80. The molecule has 3 rings (SSSR count). The van der Waals surface area contributed by atoms with Crippen molar-refractivity contribution in [3.63, 3.8) is 0 Å². The Labute approximate surface area is 136 Å². The molecule has 0 aliphatic heterocycles. The lowest BCUT2D eigenvalue weighted by Crippen LogP contribution is -2.00. The molecule has 0 atom stereocenters. The fraction of sp³-hybridized carbons (Fsp3) is 0.125. The molecule has 0 saturated heterocycles. The number of nitrogens with one attached hydrogen (secondary N) is 1. The molecule has 0 bridgehead atoms. The van der Waals surface area contributed by atoms with E-state index in [-0.39, 0.29) is 5.97 Å². The summed E-state index contributed by atoms with van der Waals surface area (Å²) in [5.74, 6) is 0.205. The number of nitriles is 1. The average molecular weight is 324 g/mol. The summed E-state index contributed by atoms with van der Waals surface area (Å²) in [5, 5.41) is 12.9. The molecule has 114 valence electrons. The van der Waals surface area contributed by atoms with Crippen LogP contribution in [0.1, 0.15) is 20.8 Å². The van der Waals surface area contributed by atoms with E-state index in [1.54, 1.807) is 18.2 Å². The molecule has 2 aromatic heterocycles. The van der Waals surface area contributed by atoms with Crippen molar-refractivity contribution in [3.8, 4) is 6.07 Å². The van der Waals surface area contributed by atoms with Gasteiger partial charge in [-0.15, -0.1) is 11.3 Å². The fourth-order valence-electron chi connectivity index (χ4n) is 2.26. The van der Waals surface area contributed by atoms with E-state index >= 15 is 0 Å². The van der Waals surface area contributed by atoms with Gasteiger partial charge in [0.05, 0.1) is 24.1 Å². The van der Waals surface area contributed by atoms with E-state index in [0.717, 1.165) is 16.6 Å². The van der Waals surface area contributed by atoms with E-state index in [1.807, 2.05) is 13.0 Å². The van der Waals surface area contributed by atoms with Crippen LogP contribution in [0.5, 0.6) is 0 Å². The van der Waals surface area contributed by atoms with Crippen LogP contribution in [-0.4, -0.2) is 23.0 Å². The third kappa shape index (κ3) is 2.72. The van der Waals surface area contributed by atoms with Crippen LogP contribution in [0.25, 0.3) is 10.2 Å². The van der Waals surface area contributed by atoms with Crippen molar-refractivity contribution in [2.45, 2.75) is 6.92 Å². The number of aryl methyl sites for hydroxylation is 1. The summed E-state index contributed by atoms with van der Waals surface area (Å²) in [5.41, 5.74) is 2.07. The van der Waals surface area contributed by atoms with E-state index < -0.39 is 0 Å². The Morgan fingerprint density at radius 1 is 1.39 bits per heavy atom. The van der Waals surface area contributed by atoms with Gasteiger partial charge in [-0.2, -0.15) is 5.26 Å². The maximum Gasteiger partial charge on any atom is 0.348 e. The van der Waals surface area contributed by atoms with Gasteiger partial charge in [-0.3, -0.25) is 0 Å². The highest BCUT2D eigenvalue weighted by molar-refractivity contribution is 7.20. The summed E-state index contributed by atoms with van der Waals surface area (Å²) in [4.78, 5) is 21.5. The monoisotopic (exact) mass is 324 g/mol. The lowest BCUT2D eigenvalue weighted by molar-refractivity contribution is 0.0605. The van der Waals surface area contributed by atoms with Crippen LogP contribution in [0.3, 0.4) is 0 Å². The van der Waals surface area contributed by atoms with E-state index in [4.69, 9.17) is 10.00 Å². The number of rotatable bonds is 3. The lowest BCUT2D eigenvalue weighted by atomic mass is 10.2. The number of nitrogens with zero attached hydrogens (tertiary/aromatic N) is 3. The number of ether oxygens (including phenoxy) is 1. The van der Waals surface area contributed by atoms with Crippen molar-refractivity contribution in [2.24, 2.45) is 0 Å². The Hall–Kier alpha value is -2.98. The predicted molar refractivity (Wildman–Crippen MR) is 87.9 cm³/mol. The largest absolute Gasteiger partial charge is 0.465 e. The molecule has 7 heteroatoms. The molecule has 6 nitrogen and oxygen atoms in total. The van der Waals surface area contributed by atoms with Crippen LogP contribution in [0.4, 0.5) is 11.5 Å². The van der Waals surface area contributed by atoms with Gasteiger partial charge in [0.15, 0.2) is 0 Å². The van der Waals surface area contributed by atoms with Gasteiger partial charge in [0.1, 0.15) is 21.9 Å². The molecule has 1 aromatic carbocycles. The maximum absolute atomic E-state index is 11.8. The minimum atomic E-state index is -0.386. The van der Waals surface area contributed by atoms with Gasteiger partial charge in [-0.05, 0) is 30.7 Å². The molecule has 0 spiro atoms. The van der Waals surface area contributed by atoms with E-state index in [9.17, 15) is 4.79 Å². The maximum atomic E-state index is 11.8. The number of esters is 1. The summed E-state index contributed by atoms with van der Waals surface area (Å²) in [6.45, 7) is 1.84. The van der Waals surface area contributed by atoms with Gasteiger partial charge in [-0.25, -0.2) is 14.8 Å². The molecule has 3 aromatic rings. The molecule has 0 aliphatic rings. The molecule has 23 heavy (non-hydrogen) atoms. The summed E-state index contributed by atoms with van der Waals surface area (Å²) in [6.07, 6.45) is 1.44.